The van der Waals surface area contributed by atoms with Crippen LogP contribution in [0.5, 0.6) is 17.4 Å². The number of fused-ring (bicyclic) bond motifs is 2. The summed E-state index contributed by atoms with van der Waals surface area (Å²) < 4.78 is 13.7. The zero-order chi connectivity index (χ0) is 29.2. The Labute approximate surface area is 245 Å². The number of amides is 2. The predicted octanol–water partition coefficient (Wildman–Crippen LogP) is 5.01. The maximum absolute atomic E-state index is 13.5. The third-order valence-corrected chi connectivity index (χ3v) is 7.47. The summed E-state index contributed by atoms with van der Waals surface area (Å²) in [6, 6.07) is 17.3. The van der Waals surface area contributed by atoms with E-state index in [0.29, 0.717) is 47.1 Å². The largest absolute Gasteiger partial charge is 0.485 e. The van der Waals surface area contributed by atoms with E-state index in [4.69, 9.17) is 26.8 Å². The van der Waals surface area contributed by atoms with E-state index in [1.165, 1.54) is 0 Å². The number of carbonyl (C=O) groups excluding carboxylic acids is 3. The molecule has 0 atom stereocenters. The molecule has 10 nitrogen and oxygen atoms in total. The van der Waals surface area contributed by atoms with Crippen molar-refractivity contribution in [1.29, 1.82) is 0 Å². The van der Waals surface area contributed by atoms with Crippen molar-refractivity contribution in [2.24, 2.45) is 5.73 Å². The Morgan fingerprint density at radius 2 is 1.88 bits per heavy atom. The predicted molar refractivity (Wildman–Crippen MR) is 157 cm³/mol. The van der Waals surface area contributed by atoms with E-state index >= 15 is 0 Å². The summed E-state index contributed by atoms with van der Waals surface area (Å²) in [6.07, 6.45) is 4.72. The van der Waals surface area contributed by atoms with Crippen molar-refractivity contribution in [3.8, 4) is 17.4 Å². The molecular weight excluding hydrogens is 558 g/mol. The summed E-state index contributed by atoms with van der Waals surface area (Å²) in [5.41, 5.74) is 6.97. The Bertz CT molecular complexity index is 1840. The molecule has 1 aliphatic rings. The number of Topliss-reactive ketones (excluding diaryl/α,β-unsaturated/α-hetero) is 1. The zero-order valence-corrected chi connectivity index (χ0v) is 23.2. The van der Waals surface area contributed by atoms with Crippen molar-refractivity contribution in [1.82, 2.24) is 19.7 Å². The van der Waals surface area contributed by atoms with Crippen molar-refractivity contribution in [3.63, 3.8) is 0 Å². The molecule has 5 aromatic rings. The first-order valence-electron chi connectivity index (χ1n) is 13.4. The third-order valence-electron chi connectivity index (χ3n) is 7.23. The average molecular weight is 584 g/mol. The van der Waals surface area contributed by atoms with Crippen LogP contribution in [0.15, 0.2) is 73.1 Å². The highest BCUT2D eigenvalue weighted by molar-refractivity contribution is 6.31. The molecule has 2 aromatic heterocycles. The maximum Gasteiger partial charge on any atom is 0.252 e. The number of ketones is 1. The van der Waals surface area contributed by atoms with Crippen LogP contribution >= 0.6 is 11.6 Å². The van der Waals surface area contributed by atoms with Gasteiger partial charge in [0, 0.05) is 66.6 Å². The quantitative estimate of drug-likeness (QED) is 0.229. The van der Waals surface area contributed by atoms with Crippen LogP contribution in [0.3, 0.4) is 0 Å². The van der Waals surface area contributed by atoms with Crippen molar-refractivity contribution < 1.29 is 23.9 Å². The van der Waals surface area contributed by atoms with Gasteiger partial charge in [-0.25, -0.2) is 0 Å². The Morgan fingerprint density at radius 3 is 2.64 bits per heavy atom. The first-order valence-corrected chi connectivity index (χ1v) is 13.8. The molecule has 212 valence electrons. The lowest BCUT2D eigenvalue weighted by Gasteiger charge is -2.16. The maximum atomic E-state index is 13.5. The average Bonchev–Trinajstić information content (AvgIpc) is 3.57. The molecule has 1 saturated heterocycles. The first-order chi connectivity index (χ1) is 20.4. The lowest BCUT2D eigenvalue weighted by Crippen LogP contribution is -2.28. The van der Waals surface area contributed by atoms with Crippen molar-refractivity contribution >= 4 is 50.9 Å². The van der Waals surface area contributed by atoms with E-state index < -0.39 is 5.91 Å². The van der Waals surface area contributed by atoms with E-state index in [1.54, 1.807) is 67.0 Å². The zero-order valence-electron chi connectivity index (χ0n) is 22.5. The van der Waals surface area contributed by atoms with Gasteiger partial charge in [0.15, 0.2) is 6.61 Å². The molecule has 1 aliphatic heterocycles. The van der Waals surface area contributed by atoms with Gasteiger partial charge in [-0.3, -0.25) is 14.4 Å². The standard InChI is InChI=1S/C31H26ClN5O5/c32-21-6-5-19-15-28(24(31(33)40)14-20(19)13-21)41-18-27(38)25-17-37(12-11-36-10-2-4-30(36)39)26-16-22(7-8-23(25)26)42-29-3-1-9-34-35-29/h1,3,5-9,13-17H,2,4,10-12,18H2,(H2,33,40). The van der Waals surface area contributed by atoms with Crippen LogP contribution in [-0.4, -0.2) is 57.0 Å². The van der Waals surface area contributed by atoms with Gasteiger partial charge in [0.25, 0.3) is 5.91 Å². The second-order valence-electron chi connectivity index (χ2n) is 9.98. The molecule has 1 fully saturated rings. The van der Waals surface area contributed by atoms with Gasteiger partial charge in [0.05, 0.1) is 11.1 Å². The molecule has 0 radical (unpaired) electrons. The summed E-state index contributed by atoms with van der Waals surface area (Å²) in [4.78, 5) is 39.7. The highest BCUT2D eigenvalue weighted by Crippen LogP contribution is 2.31. The molecule has 0 bridgehead atoms. The summed E-state index contributed by atoms with van der Waals surface area (Å²) >= 11 is 6.10. The molecule has 11 heteroatoms. The summed E-state index contributed by atoms with van der Waals surface area (Å²) in [5, 5.41) is 10.6. The second-order valence-corrected chi connectivity index (χ2v) is 10.4. The molecule has 0 unspecified atom stereocenters. The fourth-order valence-electron chi connectivity index (χ4n) is 5.15. The summed E-state index contributed by atoms with van der Waals surface area (Å²) in [6.45, 7) is 1.41. The monoisotopic (exact) mass is 583 g/mol. The summed E-state index contributed by atoms with van der Waals surface area (Å²) in [5.74, 6) is 0.239. The minimum absolute atomic E-state index is 0.130. The normalized spacial score (nSPS) is 13.2. The number of carbonyl (C=O) groups is 3. The molecule has 3 aromatic carbocycles. The Hall–Kier alpha value is -4.96. The number of ether oxygens (including phenoxy) is 2. The summed E-state index contributed by atoms with van der Waals surface area (Å²) in [7, 11) is 0. The number of benzene rings is 3. The fourth-order valence-corrected chi connectivity index (χ4v) is 5.34. The third kappa shape index (κ3) is 5.61. The Balaban J connectivity index is 1.29. The molecule has 0 saturated carbocycles. The number of nitrogens with two attached hydrogens (primary N) is 1. The number of aromatic nitrogens is 3. The minimum atomic E-state index is -0.678. The number of nitrogens with zero attached hydrogens (tertiary/aromatic N) is 4. The van der Waals surface area contributed by atoms with E-state index in [9.17, 15) is 14.4 Å². The van der Waals surface area contributed by atoms with Crippen LogP contribution in [0.1, 0.15) is 33.6 Å². The van der Waals surface area contributed by atoms with Gasteiger partial charge in [-0.2, -0.15) is 5.10 Å². The number of primary amides is 1. The fraction of sp³-hybridized carbons (Fsp3) is 0.194. The van der Waals surface area contributed by atoms with Gasteiger partial charge < -0.3 is 24.7 Å². The SMILES string of the molecule is NC(=O)c1cc2cc(Cl)ccc2cc1OCC(=O)c1cn(CCN2CCCC2=O)c2cc(Oc3cccnn3)ccc12. The molecule has 2 N–H and O–H groups in total. The van der Waals surface area contributed by atoms with Crippen LogP contribution in [-0.2, 0) is 11.3 Å². The lowest BCUT2D eigenvalue weighted by atomic mass is 10.1. The van der Waals surface area contributed by atoms with Crippen LogP contribution in [0, 0.1) is 0 Å². The number of likely N-dealkylation sites (tertiary alicyclic amines) is 1. The Kier molecular flexibility index (Phi) is 7.45. The molecular formula is C31H26ClN5O5. The Morgan fingerprint density at radius 1 is 1.00 bits per heavy atom. The minimum Gasteiger partial charge on any atom is -0.485 e. The topological polar surface area (TPSA) is 130 Å². The highest BCUT2D eigenvalue weighted by Gasteiger charge is 2.22. The number of halogens is 1. The van der Waals surface area contributed by atoms with Gasteiger partial charge in [-0.15, -0.1) is 5.10 Å². The lowest BCUT2D eigenvalue weighted by molar-refractivity contribution is -0.127. The van der Waals surface area contributed by atoms with Crippen LogP contribution in [0.4, 0.5) is 0 Å². The molecule has 3 heterocycles. The van der Waals surface area contributed by atoms with E-state index in [2.05, 4.69) is 10.2 Å². The second kappa shape index (κ2) is 11.5. The van der Waals surface area contributed by atoms with Crippen molar-refractivity contribution in [2.75, 3.05) is 19.7 Å². The van der Waals surface area contributed by atoms with Gasteiger partial charge in [-0.05, 0) is 59.7 Å². The van der Waals surface area contributed by atoms with E-state index in [-0.39, 0.29) is 29.6 Å². The number of hydrogen-bond acceptors (Lipinski definition) is 7. The van der Waals surface area contributed by atoms with E-state index in [1.807, 2.05) is 15.5 Å². The molecule has 6 rings (SSSR count). The van der Waals surface area contributed by atoms with Crippen LogP contribution < -0.4 is 15.2 Å². The van der Waals surface area contributed by atoms with Crippen LogP contribution in [0.25, 0.3) is 21.7 Å². The molecule has 2 amide bonds. The van der Waals surface area contributed by atoms with Crippen molar-refractivity contribution in [2.45, 2.75) is 19.4 Å². The smallest absolute Gasteiger partial charge is 0.252 e. The van der Waals surface area contributed by atoms with Crippen molar-refractivity contribution in [3.05, 3.63) is 89.2 Å². The van der Waals surface area contributed by atoms with E-state index in [0.717, 1.165) is 29.3 Å². The van der Waals surface area contributed by atoms with Gasteiger partial charge in [0.1, 0.15) is 11.5 Å². The van der Waals surface area contributed by atoms with Crippen LogP contribution in [0.2, 0.25) is 5.02 Å². The number of rotatable bonds is 10. The molecule has 0 aliphatic carbocycles. The van der Waals surface area contributed by atoms with Gasteiger partial charge in [-0.1, -0.05) is 17.7 Å². The first kappa shape index (κ1) is 27.2. The van der Waals surface area contributed by atoms with Gasteiger partial charge in [0.2, 0.25) is 17.6 Å². The molecule has 0 spiro atoms. The molecule has 42 heavy (non-hydrogen) atoms. The highest BCUT2D eigenvalue weighted by atomic mass is 35.5. The van der Waals surface area contributed by atoms with Gasteiger partial charge >= 0.3 is 0 Å². The number of hydrogen-bond donors (Lipinski definition) is 1.